The van der Waals surface area contributed by atoms with E-state index < -0.39 is 5.69 Å². The highest BCUT2D eigenvalue weighted by molar-refractivity contribution is 9.10. The number of rotatable bonds is 4. The highest BCUT2D eigenvalue weighted by Crippen LogP contribution is 2.18. The molecule has 0 atom stereocenters. The lowest BCUT2D eigenvalue weighted by molar-refractivity contribution is 0.0976. The summed E-state index contributed by atoms with van der Waals surface area (Å²) < 4.78 is 1.98. The number of hydrogen-bond donors (Lipinski definition) is 1. The average Bonchev–Trinajstić information content (AvgIpc) is 2.88. The van der Waals surface area contributed by atoms with Crippen molar-refractivity contribution >= 4 is 43.3 Å². The fraction of sp³-hybridized carbons (Fsp3) is 0.188. The van der Waals surface area contributed by atoms with Gasteiger partial charge in [0.2, 0.25) is 0 Å². The molecule has 0 aliphatic carbocycles. The van der Waals surface area contributed by atoms with Crippen LogP contribution < -0.4 is 11.2 Å². The van der Waals surface area contributed by atoms with Crippen LogP contribution in [0.1, 0.15) is 21.7 Å². The van der Waals surface area contributed by atoms with Crippen molar-refractivity contribution in [2.24, 2.45) is 0 Å². The summed E-state index contributed by atoms with van der Waals surface area (Å²) in [5.74, 6) is -0.106. The van der Waals surface area contributed by atoms with Gasteiger partial charge in [-0.2, -0.15) is 0 Å². The standard InChI is InChI=1S/C16H13BrN2O3S/c1-9-8-12-14(23-9)18-16(22)19(15(12)21)7-6-13(20)10-2-4-11(17)5-3-10/h2-5,8H,6-7H2,1H3,(H,18,22). The Morgan fingerprint density at radius 1 is 1.26 bits per heavy atom. The molecule has 0 fully saturated rings. The predicted octanol–water partition coefficient (Wildman–Crippen LogP) is 3.10. The maximum absolute atomic E-state index is 12.4. The summed E-state index contributed by atoms with van der Waals surface area (Å²) in [5.41, 5.74) is -0.269. The first-order valence-electron chi connectivity index (χ1n) is 6.98. The van der Waals surface area contributed by atoms with Gasteiger partial charge < -0.3 is 0 Å². The van der Waals surface area contributed by atoms with Crippen LogP contribution >= 0.6 is 27.3 Å². The second-order valence-electron chi connectivity index (χ2n) is 5.17. The summed E-state index contributed by atoms with van der Waals surface area (Å²) >= 11 is 4.68. The van der Waals surface area contributed by atoms with Crippen LogP contribution in [0.4, 0.5) is 0 Å². The first kappa shape index (κ1) is 15.9. The molecule has 0 bridgehead atoms. The SMILES string of the molecule is Cc1cc2c(=O)n(CCC(=O)c3ccc(Br)cc3)c(=O)[nH]c2s1. The third kappa shape index (κ3) is 3.20. The fourth-order valence-corrected chi connectivity index (χ4v) is 3.52. The quantitative estimate of drug-likeness (QED) is 0.693. The molecule has 0 spiro atoms. The number of carbonyl (C=O) groups is 1. The zero-order valence-corrected chi connectivity index (χ0v) is 14.7. The molecule has 0 saturated carbocycles. The third-order valence-electron chi connectivity index (χ3n) is 3.53. The largest absolute Gasteiger partial charge is 0.329 e. The summed E-state index contributed by atoms with van der Waals surface area (Å²) in [6.07, 6.45) is 0.0965. The first-order chi connectivity index (χ1) is 11.0. The number of hydrogen-bond acceptors (Lipinski definition) is 4. The summed E-state index contributed by atoms with van der Waals surface area (Å²) in [4.78, 5) is 40.9. The van der Waals surface area contributed by atoms with Crippen LogP contribution in [0.5, 0.6) is 0 Å². The minimum atomic E-state index is -0.479. The number of aryl methyl sites for hydroxylation is 1. The Labute approximate surface area is 143 Å². The molecule has 0 aliphatic heterocycles. The van der Waals surface area contributed by atoms with Gasteiger partial charge in [-0.3, -0.25) is 19.1 Å². The molecule has 5 nitrogen and oxygen atoms in total. The lowest BCUT2D eigenvalue weighted by Gasteiger charge is -2.05. The molecule has 118 valence electrons. The number of halogens is 1. The van der Waals surface area contributed by atoms with Gasteiger partial charge in [-0.05, 0) is 25.1 Å². The molecule has 0 saturated heterocycles. The molecule has 1 aromatic carbocycles. The number of nitrogens with zero attached hydrogens (tertiary/aromatic N) is 1. The van der Waals surface area contributed by atoms with E-state index >= 15 is 0 Å². The molecule has 2 heterocycles. The number of H-pyrrole nitrogens is 1. The van der Waals surface area contributed by atoms with E-state index in [0.717, 1.165) is 13.9 Å². The number of Topliss-reactive ketones (excluding diaryl/α,β-unsaturated/α-hetero) is 1. The maximum Gasteiger partial charge on any atom is 0.329 e. The second kappa shape index (κ2) is 6.25. The summed E-state index contributed by atoms with van der Waals surface area (Å²) in [5, 5.41) is 0.489. The topological polar surface area (TPSA) is 71.9 Å². The van der Waals surface area contributed by atoms with Crippen molar-refractivity contribution < 1.29 is 4.79 Å². The summed E-state index contributed by atoms with van der Waals surface area (Å²) in [6, 6.07) is 8.75. The number of thiophene rings is 1. The Bertz CT molecular complexity index is 999. The zero-order valence-electron chi connectivity index (χ0n) is 12.3. The smallest absolute Gasteiger partial charge is 0.298 e. The number of carbonyl (C=O) groups excluding carboxylic acids is 1. The molecule has 2 aromatic heterocycles. The molecule has 1 N–H and O–H groups in total. The van der Waals surface area contributed by atoms with E-state index in [1.807, 2.05) is 6.92 Å². The van der Waals surface area contributed by atoms with Gasteiger partial charge in [-0.1, -0.05) is 28.1 Å². The van der Waals surface area contributed by atoms with Gasteiger partial charge in [0, 0.05) is 27.9 Å². The number of fused-ring (bicyclic) bond motifs is 1. The molecular weight excluding hydrogens is 380 g/mol. The van der Waals surface area contributed by atoms with Gasteiger partial charge in [-0.25, -0.2) is 4.79 Å². The van der Waals surface area contributed by atoms with Crippen LogP contribution in [0, 0.1) is 6.92 Å². The molecule has 0 aliphatic rings. The van der Waals surface area contributed by atoms with E-state index in [1.54, 1.807) is 30.3 Å². The van der Waals surface area contributed by atoms with Gasteiger partial charge in [0.15, 0.2) is 5.78 Å². The van der Waals surface area contributed by atoms with E-state index in [9.17, 15) is 14.4 Å². The summed E-state index contributed by atoms with van der Waals surface area (Å²) in [7, 11) is 0. The second-order valence-corrected chi connectivity index (χ2v) is 7.34. The molecular formula is C16H13BrN2O3S. The van der Waals surface area contributed by atoms with E-state index in [2.05, 4.69) is 20.9 Å². The van der Waals surface area contributed by atoms with Gasteiger partial charge in [-0.15, -0.1) is 11.3 Å². The monoisotopic (exact) mass is 392 g/mol. The van der Waals surface area contributed by atoms with Crippen LogP contribution in [0.3, 0.4) is 0 Å². The minimum absolute atomic E-state index is 0.0634. The Balaban J connectivity index is 1.87. The third-order valence-corrected chi connectivity index (χ3v) is 5.02. The van der Waals surface area contributed by atoms with Gasteiger partial charge in [0.1, 0.15) is 4.83 Å². The number of ketones is 1. The minimum Gasteiger partial charge on any atom is -0.298 e. The fourth-order valence-electron chi connectivity index (χ4n) is 2.36. The highest BCUT2D eigenvalue weighted by atomic mass is 79.9. The first-order valence-corrected chi connectivity index (χ1v) is 8.58. The molecule has 0 unspecified atom stereocenters. The maximum atomic E-state index is 12.4. The molecule has 3 aromatic rings. The van der Waals surface area contributed by atoms with Crippen molar-refractivity contribution in [3.8, 4) is 0 Å². The van der Waals surface area contributed by atoms with Crippen LogP contribution in [-0.4, -0.2) is 15.3 Å². The van der Waals surface area contributed by atoms with Crippen molar-refractivity contribution in [2.75, 3.05) is 0 Å². The van der Waals surface area contributed by atoms with Crippen LogP contribution in [0.25, 0.3) is 10.2 Å². The van der Waals surface area contributed by atoms with Crippen molar-refractivity contribution in [3.05, 3.63) is 66.1 Å². The predicted molar refractivity (Wildman–Crippen MR) is 94.5 cm³/mol. The lowest BCUT2D eigenvalue weighted by atomic mass is 10.1. The van der Waals surface area contributed by atoms with Gasteiger partial charge >= 0.3 is 5.69 Å². The molecule has 3 rings (SSSR count). The van der Waals surface area contributed by atoms with Crippen molar-refractivity contribution in [2.45, 2.75) is 19.9 Å². The van der Waals surface area contributed by atoms with Gasteiger partial charge in [0.05, 0.1) is 5.39 Å². The molecule has 0 radical (unpaired) electrons. The normalized spacial score (nSPS) is 11.0. The Hall–Kier alpha value is -1.99. The van der Waals surface area contributed by atoms with Crippen molar-refractivity contribution in [1.29, 1.82) is 0 Å². The average molecular weight is 393 g/mol. The van der Waals surface area contributed by atoms with E-state index in [1.165, 1.54) is 11.3 Å². The van der Waals surface area contributed by atoms with Crippen LogP contribution in [0.15, 0.2) is 44.4 Å². The molecule has 23 heavy (non-hydrogen) atoms. The Morgan fingerprint density at radius 3 is 2.65 bits per heavy atom. The van der Waals surface area contributed by atoms with Crippen LogP contribution in [0.2, 0.25) is 0 Å². The molecule has 7 heteroatoms. The Morgan fingerprint density at radius 2 is 1.96 bits per heavy atom. The lowest BCUT2D eigenvalue weighted by Crippen LogP contribution is -2.35. The van der Waals surface area contributed by atoms with Crippen LogP contribution in [-0.2, 0) is 6.54 Å². The Kier molecular flexibility index (Phi) is 4.32. The van der Waals surface area contributed by atoms with Crippen molar-refractivity contribution in [1.82, 2.24) is 9.55 Å². The van der Waals surface area contributed by atoms with E-state index in [0.29, 0.717) is 15.8 Å². The van der Waals surface area contributed by atoms with Crippen molar-refractivity contribution in [3.63, 3.8) is 0 Å². The highest BCUT2D eigenvalue weighted by Gasteiger charge is 2.12. The number of aromatic nitrogens is 2. The number of nitrogens with one attached hydrogen (secondary N) is 1. The number of aromatic amines is 1. The number of benzene rings is 1. The van der Waals surface area contributed by atoms with Gasteiger partial charge in [0.25, 0.3) is 5.56 Å². The molecule has 0 amide bonds. The summed E-state index contributed by atoms with van der Waals surface area (Å²) in [6.45, 7) is 1.94. The van der Waals surface area contributed by atoms with E-state index in [-0.39, 0.29) is 24.3 Å². The zero-order chi connectivity index (χ0) is 16.6. The van der Waals surface area contributed by atoms with E-state index in [4.69, 9.17) is 0 Å².